The number of rotatable bonds is 7. The summed E-state index contributed by atoms with van der Waals surface area (Å²) in [6.07, 6.45) is 0. The standard InChI is InChI=1S/C24H23BrN2O4/c1-16-7-6-10-21(17(16)2)30-14-23(28)26-27-24(29)15-31-22-12-11-19(13-20(22)25)18-8-4-3-5-9-18/h3-13H,14-15H2,1-2H3,(H,26,28)(H,27,29). The van der Waals surface area contributed by atoms with Crippen LogP contribution in [0.4, 0.5) is 0 Å². The topological polar surface area (TPSA) is 76.7 Å². The van der Waals surface area contributed by atoms with Gasteiger partial charge in [0.2, 0.25) is 0 Å². The predicted molar refractivity (Wildman–Crippen MR) is 123 cm³/mol. The highest BCUT2D eigenvalue weighted by Gasteiger charge is 2.10. The number of ether oxygens (including phenoxy) is 2. The van der Waals surface area contributed by atoms with Crippen LogP contribution in [0.25, 0.3) is 11.1 Å². The highest BCUT2D eigenvalue weighted by Crippen LogP contribution is 2.30. The third kappa shape index (κ3) is 6.33. The molecule has 0 heterocycles. The third-order valence-electron chi connectivity index (χ3n) is 4.65. The second kappa shape index (κ2) is 10.6. The number of amides is 2. The molecule has 0 aromatic heterocycles. The molecule has 160 valence electrons. The molecule has 7 heteroatoms. The van der Waals surface area contributed by atoms with Crippen LogP contribution in [0.3, 0.4) is 0 Å². The Morgan fingerprint density at radius 3 is 2.06 bits per heavy atom. The van der Waals surface area contributed by atoms with Gasteiger partial charge in [0.15, 0.2) is 13.2 Å². The maximum Gasteiger partial charge on any atom is 0.276 e. The molecule has 0 atom stereocenters. The van der Waals surface area contributed by atoms with Crippen molar-refractivity contribution in [2.45, 2.75) is 13.8 Å². The summed E-state index contributed by atoms with van der Waals surface area (Å²) in [7, 11) is 0. The van der Waals surface area contributed by atoms with Gasteiger partial charge in [-0.2, -0.15) is 0 Å². The van der Waals surface area contributed by atoms with E-state index in [1.54, 1.807) is 12.1 Å². The number of benzene rings is 3. The van der Waals surface area contributed by atoms with Crippen LogP contribution in [0.1, 0.15) is 11.1 Å². The van der Waals surface area contributed by atoms with Crippen molar-refractivity contribution in [1.29, 1.82) is 0 Å². The zero-order valence-electron chi connectivity index (χ0n) is 17.3. The van der Waals surface area contributed by atoms with Crippen molar-refractivity contribution < 1.29 is 19.1 Å². The summed E-state index contributed by atoms with van der Waals surface area (Å²) in [5, 5.41) is 0. The molecule has 0 radical (unpaired) electrons. The van der Waals surface area contributed by atoms with Crippen LogP contribution >= 0.6 is 15.9 Å². The van der Waals surface area contributed by atoms with E-state index in [4.69, 9.17) is 9.47 Å². The minimum absolute atomic E-state index is 0.210. The molecule has 3 aromatic carbocycles. The Bertz CT molecular complexity index is 1070. The highest BCUT2D eigenvalue weighted by atomic mass is 79.9. The lowest BCUT2D eigenvalue weighted by Gasteiger charge is -2.12. The average Bonchev–Trinajstić information content (AvgIpc) is 2.78. The molecule has 0 saturated heterocycles. The zero-order valence-corrected chi connectivity index (χ0v) is 18.9. The molecule has 0 bridgehead atoms. The van der Waals surface area contributed by atoms with Crippen molar-refractivity contribution in [2.24, 2.45) is 0 Å². The molecular formula is C24H23BrN2O4. The van der Waals surface area contributed by atoms with Crippen LogP contribution in [0.2, 0.25) is 0 Å². The minimum Gasteiger partial charge on any atom is -0.483 e. The van der Waals surface area contributed by atoms with Crippen LogP contribution in [0.5, 0.6) is 11.5 Å². The van der Waals surface area contributed by atoms with E-state index in [0.29, 0.717) is 11.5 Å². The van der Waals surface area contributed by atoms with Gasteiger partial charge < -0.3 is 9.47 Å². The Hall–Kier alpha value is -3.32. The van der Waals surface area contributed by atoms with Gasteiger partial charge in [-0.15, -0.1) is 0 Å². The van der Waals surface area contributed by atoms with E-state index >= 15 is 0 Å². The van der Waals surface area contributed by atoms with Crippen LogP contribution in [-0.2, 0) is 9.59 Å². The van der Waals surface area contributed by atoms with Crippen LogP contribution in [-0.4, -0.2) is 25.0 Å². The first kappa shape index (κ1) is 22.4. The molecule has 0 aliphatic rings. The number of halogens is 1. The molecule has 0 aliphatic heterocycles. The van der Waals surface area contributed by atoms with Gasteiger partial charge in [-0.1, -0.05) is 48.5 Å². The number of nitrogens with one attached hydrogen (secondary N) is 2. The largest absolute Gasteiger partial charge is 0.483 e. The van der Waals surface area contributed by atoms with Crippen molar-refractivity contribution >= 4 is 27.7 Å². The second-order valence-corrected chi connectivity index (χ2v) is 7.74. The molecule has 0 aliphatic carbocycles. The first-order valence-corrected chi connectivity index (χ1v) is 10.5. The van der Waals surface area contributed by atoms with Crippen LogP contribution < -0.4 is 20.3 Å². The number of aryl methyl sites for hydroxylation is 1. The molecular weight excluding hydrogens is 460 g/mol. The lowest BCUT2D eigenvalue weighted by atomic mass is 10.1. The smallest absolute Gasteiger partial charge is 0.276 e. The van der Waals surface area contributed by atoms with Crippen molar-refractivity contribution in [2.75, 3.05) is 13.2 Å². The monoisotopic (exact) mass is 482 g/mol. The van der Waals surface area contributed by atoms with E-state index in [9.17, 15) is 9.59 Å². The molecule has 3 rings (SSSR count). The third-order valence-corrected chi connectivity index (χ3v) is 5.27. The SMILES string of the molecule is Cc1cccc(OCC(=O)NNC(=O)COc2ccc(-c3ccccc3)cc2Br)c1C. The number of hydrogen-bond donors (Lipinski definition) is 2. The molecule has 2 N–H and O–H groups in total. The summed E-state index contributed by atoms with van der Waals surface area (Å²) in [4.78, 5) is 23.9. The van der Waals surface area contributed by atoms with Gasteiger partial charge in [0.25, 0.3) is 11.8 Å². The first-order valence-electron chi connectivity index (χ1n) is 9.68. The molecule has 0 saturated carbocycles. The van der Waals surface area contributed by atoms with Crippen molar-refractivity contribution in [3.05, 3.63) is 82.3 Å². The van der Waals surface area contributed by atoms with Gasteiger partial charge in [0.05, 0.1) is 4.47 Å². The van der Waals surface area contributed by atoms with Crippen molar-refractivity contribution in [3.8, 4) is 22.6 Å². The highest BCUT2D eigenvalue weighted by molar-refractivity contribution is 9.10. The van der Waals surface area contributed by atoms with Gasteiger partial charge in [-0.25, -0.2) is 0 Å². The van der Waals surface area contributed by atoms with Gasteiger partial charge in [0, 0.05) is 0 Å². The molecule has 3 aromatic rings. The molecule has 6 nitrogen and oxygen atoms in total. The Kier molecular flexibility index (Phi) is 7.67. The minimum atomic E-state index is -0.487. The fourth-order valence-corrected chi connectivity index (χ4v) is 3.30. The Balaban J connectivity index is 1.44. The van der Waals surface area contributed by atoms with Gasteiger partial charge in [-0.05, 0) is 70.2 Å². The summed E-state index contributed by atoms with van der Waals surface area (Å²) in [6.45, 7) is 3.43. The normalized spacial score (nSPS) is 10.3. The molecule has 0 fully saturated rings. The first-order chi connectivity index (χ1) is 14.9. The Morgan fingerprint density at radius 2 is 1.42 bits per heavy atom. The van der Waals surface area contributed by atoms with Crippen LogP contribution in [0.15, 0.2) is 71.2 Å². The van der Waals surface area contributed by atoms with E-state index in [0.717, 1.165) is 26.7 Å². The number of carbonyl (C=O) groups excluding carboxylic acids is 2. The summed E-state index contributed by atoms with van der Waals surface area (Å²) < 4.78 is 11.8. The summed E-state index contributed by atoms with van der Waals surface area (Å²) >= 11 is 3.47. The number of hydrogen-bond acceptors (Lipinski definition) is 4. The van der Waals surface area contributed by atoms with Crippen LogP contribution in [0, 0.1) is 13.8 Å². The number of carbonyl (C=O) groups is 2. The summed E-state index contributed by atoms with van der Waals surface area (Å²) in [5.74, 6) is 0.204. The van der Waals surface area contributed by atoms with Gasteiger partial charge in [-0.3, -0.25) is 20.4 Å². The Morgan fingerprint density at radius 1 is 0.774 bits per heavy atom. The fourth-order valence-electron chi connectivity index (χ4n) is 2.81. The maximum atomic E-state index is 12.0. The van der Waals surface area contributed by atoms with Crippen molar-refractivity contribution in [1.82, 2.24) is 10.9 Å². The van der Waals surface area contributed by atoms with E-state index in [2.05, 4.69) is 26.8 Å². The Labute approximate surface area is 189 Å². The van der Waals surface area contributed by atoms with Crippen molar-refractivity contribution in [3.63, 3.8) is 0 Å². The quantitative estimate of drug-likeness (QED) is 0.491. The fraction of sp³-hybridized carbons (Fsp3) is 0.167. The lowest BCUT2D eigenvalue weighted by molar-refractivity contribution is -0.131. The predicted octanol–water partition coefficient (Wildman–Crippen LogP) is 4.34. The lowest BCUT2D eigenvalue weighted by Crippen LogP contribution is -2.45. The van der Waals surface area contributed by atoms with E-state index in [1.807, 2.05) is 68.4 Å². The molecule has 0 spiro atoms. The number of hydrazine groups is 1. The maximum absolute atomic E-state index is 12.0. The van der Waals surface area contributed by atoms with E-state index in [-0.39, 0.29) is 13.2 Å². The molecule has 2 amide bonds. The van der Waals surface area contributed by atoms with Gasteiger partial charge in [0.1, 0.15) is 11.5 Å². The zero-order chi connectivity index (χ0) is 22.2. The summed E-state index contributed by atoms with van der Waals surface area (Å²) in [6, 6.07) is 21.2. The average molecular weight is 483 g/mol. The molecule has 31 heavy (non-hydrogen) atoms. The summed E-state index contributed by atoms with van der Waals surface area (Å²) in [5.41, 5.74) is 8.78. The molecule has 0 unspecified atom stereocenters. The van der Waals surface area contributed by atoms with E-state index in [1.165, 1.54) is 0 Å². The van der Waals surface area contributed by atoms with E-state index < -0.39 is 11.8 Å². The van der Waals surface area contributed by atoms with Gasteiger partial charge >= 0.3 is 0 Å². The second-order valence-electron chi connectivity index (χ2n) is 6.88.